The van der Waals surface area contributed by atoms with E-state index in [4.69, 9.17) is 0 Å². The second-order valence-corrected chi connectivity index (χ2v) is 4.76. The van der Waals surface area contributed by atoms with Crippen molar-refractivity contribution in [1.29, 1.82) is 0 Å². The van der Waals surface area contributed by atoms with Crippen LogP contribution in [0.15, 0.2) is 36.0 Å². The minimum Gasteiger partial charge on any atom is -0.508 e. The van der Waals surface area contributed by atoms with Crippen LogP contribution in [-0.2, 0) is 6.54 Å². The lowest BCUT2D eigenvalue weighted by Crippen LogP contribution is -1.89. The summed E-state index contributed by atoms with van der Waals surface area (Å²) < 4.78 is 2.13. The molecule has 2 heterocycles. The number of thiazole rings is 1. The third kappa shape index (κ3) is 1.61. The minimum absolute atomic E-state index is 0.302. The average molecular weight is 244 g/mol. The molecule has 0 bridgehead atoms. The van der Waals surface area contributed by atoms with E-state index in [0.29, 0.717) is 5.75 Å². The van der Waals surface area contributed by atoms with Crippen LogP contribution in [0.25, 0.3) is 21.5 Å². The number of phenols is 1. The molecule has 0 radical (unpaired) electrons. The van der Waals surface area contributed by atoms with Crippen molar-refractivity contribution >= 4 is 22.2 Å². The van der Waals surface area contributed by atoms with E-state index in [1.54, 1.807) is 23.5 Å². The maximum atomic E-state index is 9.56. The molecule has 3 aromatic rings. The summed E-state index contributed by atoms with van der Waals surface area (Å²) >= 11 is 1.63. The molecule has 0 unspecified atom stereocenters. The van der Waals surface area contributed by atoms with Gasteiger partial charge in [0.15, 0.2) is 0 Å². The van der Waals surface area contributed by atoms with Gasteiger partial charge >= 0.3 is 0 Å². The third-order valence-electron chi connectivity index (χ3n) is 2.87. The van der Waals surface area contributed by atoms with Crippen molar-refractivity contribution in [2.24, 2.45) is 0 Å². The molecule has 2 aromatic heterocycles. The van der Waals surface area contributed by atoms with Crippen molar-refractivity contribution in [2.45, 2.75) is 13.5 Å². The summed E-state index contributed by atoms with van der Waals surface area (Å²) in [5, 5.41) is 13.7. The Balaban J connectivity index is 2.33. The van der Waals surface area contributed by atoms with Gasteiger partial charge in [-0.1, -0.05) is 0 Å². The first-order valence-electron chi connectivity index (χ1n) is 5.51. The minimum atomic E-state index is 0.302. The van der Waals surface area contributed by atoms with Gasteiger partial charge in [0.25, 0.3) is 0 Å². The van der Waals surface area contributed by atoms with Crippen molar-refractivity contribution in [3.63, 3.8) is 0 Å². The Kier molecular flexibility index (Phi) is 2.37. The summed E-state index contributed by atoms with van der Waals surface area (Å²) in [4.78, 5) is 4.35. The SMILES string of the molecule is CCn1cc(-c2nccs2)c2ccc(O)cc21. The van der Waals surface area contributed by atoms with Crippen molar-refractivity contribution in [2.75, 3.05) is 0 Å². The van der Waals surface area contributed by atoms with Gasteiger partial charge in [-0.2, -0.15) is 0 Å². The number of phenolic OH excluding ortho intramolecular Hbond substituents is 1. The van der Waals surface area contributed by atoms with E-state index < -0.39 is 0 Å². The molecule has 0 spiro atoms. The molecule has 0 aliphatic carbocycles. The number of fused-ring (bicyclic) bond motifs is 1. The topological polar surface area (TPSA) is 38.0 Å². The van der Waals surface area contributed by atoms with Crippen LogP contribution in [0.2, 0.25) is 0 Å². The highest BCUT2D eigenvalue weighted by Crippen LogP contribution is 2.33. The van der Waals surface area contributed by atoms with Gasteiger partial charge in [0, 0.05) is 41.3 Å². The molecule has 3 rings (SSSR count). The number of hydrogen-bond acceptors (Lipinski definition) is 3. The Bertz CT molecular complexity index is 655. The first kappa shape index (κ1) is 10.4. The molecule has 3 nitrogen and oxygen atoms in total. The fourth-order valence-corrected chi connectivity index (χ4v) is 2.73. The second kappa shape index (κ2) is 3.89. The number of aromatic nitrogens is 2. The largest absolute Gasteiger partial charge is 0.508 e. The molecular formula is C13H12N2OS. The van der Waals surface area contributed by atoms with Crippen LogP contribution in [0.4, 0.5) is 0 Å². The van der Waals surface area contributed by atoms with E-state index >= 15 is 0 Å². The van der Waals surface area contributed by atoms with Crippen LogP contribution in [-0.4, -0.2) is 14.7 Å². The van der Waals surface area contributed by atoms with Crippen molar-refractivity contribution in [1.82, 2.24) is 9.55 Å². The highest BCUT2D eigenvalue weighted by atomic mass is 32.1. The molecule has 0 saturated heterocycles. The van der Waals surface area contributed by atoms with Gasteiger partial charge in [0.2, 0.25) is 0 Å². The smallest absolute Gasteiger partial charge is 0.125 e. The van der Waals surface area contributed by atoms with E-state index in [9.17, 15) is 5.11 Å². The molecule has 4 heteroatoms. The van der Waals surface area contributed by atoms with Crippen molar-refractivity contribution in [3.8, 4) is 16.3 Å². The van der Waals surface area contributed by atoms with Gasteiger partial charge in [0.05, 0.1) is 5.52 Å². The molecule has 0 atom stereocenters. The number of benzene rings is 1. The standard InChI is InChI=1S/C13H12N2OS/c1-2-15-8-11(13-14-5-6-17-13)10-4-3-9(16)7-12(10)15/h3-8,16H,2H2,1H3. The molecular weight excluding hydrogens is 232 g/mol. The van der Waals surface area contributed by atoms with Crippen LogP contribution in [0.1, 0.15) is 6.92 Å². The van der Waals surface area contributed by atoms with E-state index in [1.165, 1.54) is 0 Å². The second-order valence-electron chi connectivity index (χ2n) is 3.87. The number of aromatic hydroxyl groups is 1. The summed E-state index contributed by atoms with van der Waals surface area (Å²) in [5.74, 6) is 0.302. The summed E-state index contributed by atoms with van der Waals surface area (Å²) in [6.45, 7) is 2.97. The Morgan fingerprint density at radius 1 is 1.41 bits per heavy atom. The van der Waals surface area contributed by atoms with Crippen LogP contribution in [0.3, 0.4) is 0 Å². The van der Waals surface area contributed by atoms with Gasteiger partial charge in [0.1, 0.15) is 10.8 Å². The third-order valence-corrected chi connectivity index (χ3v) is 3.68. The predicted octanol–water partition coefficient (Wildman–Crippen LogP) is 3.49. The number of nitrogens with zero attached hydrogens (tertiary/aromatic N) is 2. The Labute approximate surface area is 103 Å². The molecule has 0 saturated carbocycles. The van der Waals surface area contributed by atoms with Gasteiger partial charge in [-0.05, 0) is 19.1 Å². The molecule has 0 fully saturated rings. The zero-order chi connectivity index (χ0) is 11.8. The van der Waals surface area contributed by atoms with Crippen LogP contribution in [0.5, 0.6) is 5.75 Å². The van der Waals surface area contributed by atoms with Crippen molar-refractivity contribution < 1.29 is 5.11 Å². The Morgan fingerprint density at radius 3 is 3.00 bits per heavy atom. The molecule has 0 aliphatic rings. The van der Waals surface area contributed by atoms with E-state index in [1.807, 2.05) is 17.6 Å². The lowest BCUT2D eigenvalue weighted by molar-refractivity contribution is 0.476. The quantitative estimate of drug-likeness (QED) is 0.749. The Morgan fingerprint density at radius 2 is 2.29 bits per heavy atom. The van der Waals surface area contributed by atoms with E-state index in [-0.39, 0.29) is 0 Å². The maximum absolute atomic E-state index is 9.56. The van der Waals surface area contributed by atoms with E-state index in [0.717, 1.165) is 28.0 Å². The maximum Gasteiger partial charge on any atom is 0.125 e. The number of aryl methyl sites for hydroxylation is 1. The predicted molar refractivity (Wildman–Crippen MR) is 70.4 cm³/mol. The molecule has 1 N–H and O–H groups in total. The lowest BCUT2D eigenvalue weighted by Gasteiger charge is -1.99. The first-order chi connectivity index (χ1) is 8.29. The van der Waals surface area contributed by atoms with Crippen LogP contribution < -0.4 is 0 Å². The van der Waals surface area contributed by atoms with Crippen LogP contribution >= 0.6 is 11.3 Å². The highest BCUT2D eigenvalue weighted by molar-refractivity contribution is 7.13. The van der Waals surface area contributed by atoms with Gasteiger partial charge in [-0.3, -0.25) is 0 Å². The number of hydrogen-bond donors (Lipinski definition) is 1. The molecule has 1 aromatic carbocycles. The fourth-order valence-electron chi connectivity index (χ4n) is 2.07. The lowest BCUT2D eigenvalue weighted by atomic mass is 10.2. The summed E-state index contributed by atoms with van der Waals surface area (Å²) in [5.41, 5.74) is 2.19. The Hall–Kier alpha value is -1.81. The van der Waals surface area contributed by atoms with Gasteiger partial charge < -0.3 is 9.67 Å². The average Bonchev–Trinajstić information content (AvgIpc) is 2.94. The zero-order valence-electron chi connectivity index (χ0n) is 9.42. The zero-order valence-corrected chi connectivity index (χ0v) is 10.2. The molecule has 0 amide bonds. The summed E-state index contributed by atoms with van der Waals surface area (Å²) in [6.07, 6.45) is 3.92. The van der Waals surface area contributed by atoms with Gasteiger partial charge in [-0.15, -0.1) is 11.3 Å². The highest BCUT2D eigenvalue weighted by Gasteiger charge is 2.11. The first-order valence-corrected chi connectivity index (χ1v) is 6.39. The molecule has 0 aliphatic heterocycles. The number of rotatable bonds is 2. The molecule has 17 heavy (non-hydrogen) atoms. The normalized spacial score (nSPS) is 11.1. The summed E-state index contributed by atoms with van der Waals surface area (Å²) in [7, 11) is 0. The van der Waals surface area contributed by atoms with E-state index in [2.05, 4.69) is 22.7 Å². The molecule has 86 valence electrons. The fraction of sp³-hybridized carbons (Fsp3) is 0.154. The summed E-state index contributed by atoms with van der Waals surface area (Å²) in [6, 6.07) is 5.48. The van der Waals surface area contributed by atoms with Crippen molar-refractivity contribution in [3.05, 3.63) is 36.0 Å². The van der Waals surface area contributed by atoms with Crippen LogP contribution in [0, 0.1) is 0 Å². The van der Waals surface area contributed by atoms with Gasteiger partial charge in [-0.25, -0.2) is 4.98 Å². The monoisotopic (exact) mass is 244 g/mol.